The van der Waals surface area contributed by atoms with Crippen molar-refractivity contribution in [2.45, 2.75) is 11.8 Å². The number of furan rings is 1. The normalized spacial score (nSPS) is 12.3. The molecule has 2 aromatic carbocycles. The molecule has 148 valence electrons. The van der Waals surface area contributed by atoms with Crippen LogP contribution in [0.3, 0.4) is 0 Å². The molecule has 0 bridgehead atoms. The van der Waals surface area contributed by atoms with Crippen LogP contribution in [0.15, 0.2) is 25.5 Å². The van der Waals surface area contributed by atoms with E-state index < -0.39 is 33.6 Å². The van der Waals surface area contributed by atoms with Gasteiger partial charge in [0.25, 0.3) is 0 Å². The summed E-state index contributed by atoms with van der Waals surface area (Å²) in [5.74, 6) is -3.39. The lowest BCUT2D eigenvalue weighted by Crippen LogP contribution is -2.05. The first-order valence-electron chi connectivity index (χ1n) is 7.74. The maximum atomic E-state index is 13.3. The Kier molecular flexibility index (Phi) is 5.57. The summed E-state index contributed by atoms with van der Waals surface area (Å²) in [6.07, 6.45) is 0. The lowest BCUT2D eigenvalue weighted by atomic mass is 9.98. The summed E-state index contributed by atoms with van der Waals surface area (Å²) >= 11 is 9.98. The van der Waals surface area contributed by atoms with Crippen LogP contribution in [0, 0.1) is 0 Å². The van der Waals surface area contributed by atoms with Crippen LogP contribution in [-0.2, 0) is 0 Å². The van der Waals surface area contributed by atoms with E-state index in [1.807, 2.05) is 0 Å². The van der Waals surface area contributed by atoms with Crippen LogP contribution in [0.1, 0.15) is 33.4 Å². The molecule has 0 fully saturated rings. The van der Waals surface area contributed by atoms with Gasteiger partial charge in [0.15, 0.2) is 17.1 Å². The zero-order valence-corrected chi connectivity index (χ0v) is 19.1. The molecule has 0 aliphatic rings. The lowest BCUT2D eigenvalue weighted by Gasteiger charge is -2.10. The fourth-order valence-electron chi connectivity index (χ4n) is 2.83. The molecule has 0 spiro atoms. The summed E-state index contributed by atoms with van der Waals surface area (Å²) in [7, 11) is 1.48. The fraction of sp³-hybridized carbons (Fsp3) is 0.167. The zero-order chi connectivity index (χ0) is 20.9. The molecule has 1 heterocycles. The Labute approximate surface area is 183 Å². The molecular formula is C18H13Br3O7. The Morgan fingerprint density at radius 3 is 2.07 bits per heavy atom. The number of halogens is 3. The van der Waals surface area contributed by atoms with E-state index in [1.54, 1.807) is 6.92 Å². The monoisotopic (exact) mass is 578 g/mol. The number of phenols is 4. The van der Waals surface area contributed by atoms with Crippen molar-refractivity contribution in [1.29, 1.82) is 0 Å². The first-order valence-corrected chi connectivity index (χ1v) is 10.2. The van der Waals surface area contributed by atoms with E-state index in [0.717, 1.165) is 0 Å². The topological polar surface area (TPSA) is 120 Å². The van der Waals surface area contributed by atoms with Crippen LogP contribution in [0.4, 0.5) is 0 Å². The first-order chi connectivity index (χ1) is 13.1. The first kappa shape index (κ1) is 20.8. The van der Waals surface area contributed by atoms with Gasteiger partial charge in [0.05, 0.1) is 31.8 Å². The zero-order valence-electron chi connectivity index (χ0n) is 14.4. The second-order valence-corrected chi connectivity index (χ2v) is 8.94. The summed E-state index contributed by atoms with van der Waals surface area (Å²) in [5.41, 5.74) is -0.154. The van der Waals surface area contributed by atoms with E-state index in [2.05, 4.69) is 47.8 Å². The number of aromatic hydroxyl groups is 4. The molecule has 0 amide bonds. The van der Waals surface area contributed by atoms with Gasteiger partial charge in [-0.05, 0) is 50.9 Å². The van der Waals surface area contributed by atoms with Gasteiger partial charge in [0.1, 0.15) is 11.5 Å². The predicted molar refractivity (Wildman–Crippen MR) is 112 cm³/mol. The number of fused-ring (bicyclic) bond motifs is 1. The minimum atomic E-state index is -0.953. The molecule has 0 aliphatic carbocycles. The van der Waals surface area contributed by atoms with E-state index in [1.165, 1.54) is 19.2 Å². The van der Waals surface area contributed by atoms with Crippen LogP contribution in [0.25, 0.3) is 11.0 Å². The number of benzene rings is 2. The second kappa shape index (κ2) is 7.49. The molecule has 28 heavy (non-hydrogen) atoms. The quantitative estimate of drug-likeness (QED) is 0.140. The Bertz CT molecular complexity index is 1100. The minimum absolute atomic E-state index is 0.0635. The van der Waals surface area contributed by atoms with E-state index >= 15 is 0 Å². The van der Waals surface area contributed by atoms with Gasteiger partial charge in [-0.3, -0.25) is 4.79 Å². The highest BCUT2D eigenvalue weighted by molar-refractivity contribution is 9.11. The van der Waals surface area contributed by atoms with Crippen LogP contribution in [-0.4, -0.2) is 33.3 Å². The number of hydrogen-bond donors (Lipinski definition) is 4. The van der Waals surface area contributed by atoms with Gasteiger partial charge < -0.3 is 29.6 Å². The van der Waals surface area contributed by atoms with Crippen LogP contribution < -0.4 is 4.74 Å². The molecule has 0 aliphatic heterocycles. The third-order valence-corrected chi connectivity index (χ3v) is 5.71. The molecular weight excluding hydrogens is 568 g/mol. The number of ether oxygens (including phenoxy) is 1. The maximum Gasteiger partial charge on any atom is 0.208 e. The molecule has 0 radical (unpaired) electrons. The Hall–Kier alpha value is -1.91. The number of carbonyl (C=O) groups is 1. The highest BCUT2D eigenvalue weighted by Crippen LogP contribution is 2.52. The number of hydrogen-bond acceptors (Lipinski definition) is 7. The van der Waals surface area contributed by atoms with Gasteiger partial charge in [-0.15, -0.1) is 0 Å². The Morgan fingerprint density at radius 1 is 1.04 bits per heavy atom. The second-order valence-electron chi connectivity index (χ2n) is 5.86. The minimum Gasteiger partial charge on any atom is -0.504 e. The van der Waals surface area contributed by atoms with Crippen molar-refractivity contribution >= 4 is 64.5 Å². The van der Waals surface area contributed by atoms with Gasteiger partial charge in [-0.2, -0.15) is 0 Å². The molecule has 0 saturated heterocycles. The maximum absolute atomic E-state index is 13.3. The summed E-state index contributed by atoms with van der Waals surface area (Å²) < 4.78 is 11.8. The van der Waals surface area contributed by atoms with Crippen LogP contribution in [0.2, 0.25) is 0 Å². The van der Waals surface area contributed by atoms with Crippen molar-refractivity contribution in [1.82, 2.24) is 0 Å². The van der Waals surface area contributed by atoms with Gasteiger partial charge in [0.2, 0.25) is 17.2 Å². The molecule has 1 aromatic heterocycles. The average molecular weight is 581 g/mol. The van der Waals surface area contributed by atoms with Crippen molar-refractivity contribution < 1.29 is 34.4 Å². The summed E-state index contributed by atoms with van der Waals surface area (Å²) in [6.45, 7) is 1.68. The third kappa shape index (κ3) is 3.13. The van der Waals surface area contributed by atoms with Crippen molar-refractivity contribution in [3.63, 3.8) is 0 Å². The average Bonchev–Trinajstić information content (AvgIpc) is 3.04. The van der Waals surface area contributed by atoms with Gasteiger partial charge in [0, 0.05) is 5.56 Å². The Balaban J connectivity index is 2.36. The number of carbonyl (C=O) groups excluding carboxylic acids is 1. The molecule has 0 saturated carbocycles. The standard InChI is InChI=1S/C18H13Br3O7/c1-5(19)16-9(10-12(23)13(24)14(25)15(26)18(10)28-16)11(22)6-3-7(20)17(27-2)8(21)4-6/h3-5,23-26H,1-2H3. The number of methoxy groups -OCH3 is 1. The molecule has 1 unspecified atom stereocenters. The van der Waals surface area contributed by atoms with Gasteiger partial charge in [-0.25, -0.2) is 0 Å². The van der Waals surface area contributed by atoms with Crippen molar-refractivity contribution in [3.05, 3.63) is 38.0 Å². The highest BCUT2D eigenvalue weighted by Gasteiger charge is 2.32. The Morgan fingerprint density at radius 2 is 1.57 bits per heavy atom. The number of ketones is 1. The van der Waals surface area contributed by atoms with E-state index in [4.69, 9.17) is 9.15 Å². The third-order valence-electron chi connectivity index (χ3n) is 4.11. The van der Waals surface area contributed by atoms with Crippen molar-refractivity contribution in [2.75, 3.05) is 7.11 Å². The summed E-state index contributed by atoms with van der Waals surface area (Å²) in [5, 5.41) is 39.9. The van der Waals surface area contributed by atoms with Gasteiger partial charge in [-0.1, -0.05) is 15.9 Å². The molecule has 3 aromatic rings. The highest BCUT2D eigenvalue weighted by atomic mass is 79.9. The SMILES string of the molecule is COc1c(Br)cc(C(=O)c2c(C(C)Br)oc3c(O)c(O)c(O)c(O)c23)cc1Br. The van der Waals surface area contributed by atoms with Crippen molar-refractivity contribution in [2.24, 2.45) is 0 Å². The molecule has 7 nitrogen and oxygen atoms in total. The fourth-order valence-corrected chi connectivity index (χ4v) is 4.66. The molecule has 1 atom stereocenters. The summed E-state index contributed by atoms with van der Waals surface area (Å²) in [6, 6.07) is 3.06. The van der Waals surface area contributed by atoms with Gasteiger partial charge >= 0.3 is 0 Å². The molecule has 4 N–H and O–H groups in total. The number of rotatable bonds is 4. The number of alkyl halides is 1. The lowest BCUT2D eigenvalue weighted by molar-refractivity contribution is 0.103. The largest absolute Gasteiger partial charge is 0.504 e. The summed E-state index contributed by atoms with van der Waals surface area (Å²) in [4.78, 5) is 12.8. The van der Waals surface area contributed by atoms with E-state index in [9.17, 15) is 25.2 Å². The van der Waals surface area contributed by atoms with E-state index in [-0.39, 0.29) is 27.9 Å². The van der Waals surface area contributed by atoms with Crippen LogP contribution in [0.5, 0.6) is 28.7 Å². The smallest absolute Gasteiger partial charge is 0.208 e. The van der Waals surface area contributed by atoms with Crippen molar-refractivity contribution in [3.8, 4) is 28.7 Å². The predicted octanol–water partition coefficient (Wildman–Crippen LogP) is 5.48. The molecule has 3 rings (SSSR count). The molecule has 10 heteroatoms. The number of phenolic OH excluding ortho intramolecular Hbond substituents is 4. The van der Waals surface area contributed by atoms with Crippen LogP contribution >= 0.6 is 47.8 Å². The van der Waals surface area contributed by atoms with E-state index in [0.29, 0.717) is 14.7 Å².